The van der Waals surface area contributed by atoms with E-state index in [1.807, 2.05) is 48.9 Å². The molecular formula is C27H28IN5O. The molecule has 0 unspecified atom stereocenters. The molecule has 174 valence electrons. The Kier molecular flexibility index (Phi) is 6.13. The van der Waals surface area contributed by atoms with Gasteiger partial charge in [0.05, 0.1) is 34.7 Å². The number of hydrogen-bond donors (Lipinski definition) is 0. The summed E-state index contributed by atoms with van der Waals surface area (Å²) in [6, 6.07) is 18.4. The average Bonchev–Trinajstić information content (AvgIpc) is 3.25. The molecule has 2 aromatic carbocycles. The largest absolute Gasteiger partial charge is 0.489 e. The summed E-state index contributed by atoms with van der Waals surface area (Å²) in [7, 11) is 0. The zero-order valence-electron chi connectivity index (χ0n) is 19.1. The number of benzene rings is 2. The number of halogens is 1. The van der Waals surface area contributed by atoms with E-state index in [-0.39, 0.29) is 0 Å². The normalized spacial score (nSPS) is 20.0. The van der Waals surface area contributed by atoms with Crippen LogP contribution in [0.15, 0.2) is 73.2 Å². The van der Waals surface area contributed by atoms with Crippen LogP contribution in [0.25, 0.3) is 5.52 Å². The molecule has 2 aliphatic rings. The Morgan fingerprint density at radius 3 is 2.68 bits per heavy atom. The van der Waals surface area contributed by atoms with Crippen LogP contribution in [0.3, 0.4) is 0 Å². The van der Waals surface area contributed by atoms with E-state index in [1.165, 1.54) is 44.7 Å². The minimum Gasteiger partial charge on any atom is -0.489 e. The van der Waals surface area contributed by atoms with Gasteiger partial charge in [-0.2, -0.15) is 0 Å². The fourth-order valence-electron chi connectivity index (χ4n) is 4.97. The number of nitrogens with zero attached hydrogens (tertiary/aromatic N) is 5. The number of aromatic nitrogens is 3. The number of imidazole rings is 1. The fraction of sp³-hybridized carbons (Fsp3) is 0.333. The third kappa shape index (κ3) is 4.38. The van der Waals surface area contributed by atoms with Gasteiger partial charge in [0.15, 0.2) is 5.82 Å². The van der Waals surface area contributed by atoms with Crippen LogP contribution in [0.4, 0.5) is 11.5 Å². The van der Waals surface area contributed by atoms with Crippen LogP contribution in [0, 0.1) is 5.92 Å². The van der Waals surface area contributed by atoms with Gasteiger partial charge in [-0.1, -0.05) is 36.4 Å². The summed E-state index contributed by atoms with van der Waals surface area (Å²) in [6.07, 6.45) is 9.75. The molecule has 0 amide bonds. The lowest BCUT2D eigenvalue weighted by atomic mass is 9.74. The molecular weight excluding hydrogens is 537 g/mol. The standard InChI is InChI=1S/C27H28IN5O/c28-33(23-8-4-9-24(16-23)34-19-20-6-2-1-3-7-20)27-25-17-30-26(32(25)13-10-29-27)22-14-21(15-22)18-31-11-5-12-31/h1-4,6-10,13,16-17,21-22H,5,11-12,14-15,18-19H2. The molecule has 0 N–H and O–H groups in total. The maximum absolute atomic E-state index is 6.04. The molecule has 0 radical (unpaired) electrons. The van der Waals surface area contributed by atoms with Gasteiger partial charge in [-0.25, -0.2) is 9.97 Å². The molecule has 1 saturated carbocycles. The molecule has 1 aliphatic heterocycles. The zero-order valence-corrected chi connectivity index (χ0v) is 21.2. The van der Waals surface area contributed by atoms with Crippen molar-refractivity contribution in [2.45, 2.75) is 31.8 Å². The minimum atomic E-state index is 0.543. The third-order valence-electron chi connectivity index (χ3n) is 7.01. The van der Waals surface area contributed by atoms with Crippen LogP contribution in [0.5, 0.6) is 5.75 Å². The van der Waals surface area contributed by atoms with Crippen LogP contribution >= 0.6 is 22.9 Å². The molecule has 0 atom stereocenters. The molecule has 0 bridgehead atoms. The molecule has 34 heavy (non-hydrogen) atoms. The Morgan fingerprint density at radius 2 is 1.88 bits per heavy atom. The first-order valence-electron chi connectivity index (χ1n) is 12.0. The van der Waals surface area contributed by atoms with E-state index in [9.17, 15) is 0 Å². The van der Waals surface area contributed by atoms with Crippen LogP contribution in [-0.4, -0.2) is 38.9 Å². The predicted octanol–water partition coefficient (Wildman–Crippen LogP) is 6.00. The van der Waals surface area contributed by atoms with Gasteiger partial charge in [0.2, 0.25) is 0 Å². The van der Waals surface area contributed by atoms with E-state index in [0.717, 1.165) is 34.3 Å². The van der Waals surface area contributed by atoms with E-state index in [2.05, 4.69) is 59.5 Å². The van der Waals surface area contributed by atoms with Crippen molar-refractivity contribution in [3.63, 3.8) is 0 Å². The highest BCUT2D eigenvalue weighted by Crippen LogP contribution is 2.43. The van der Waals surface area contributed by atoms with Crippen molar-refractivity contribution in [1.82, 2.24) is 19.3 Å². The second-order valence-electron chi connectivity index (χ2n) is 9.36. The van der Waals surface area contributed by atoms with Crippen LogP contribution in [0.2, 0.25) is 0 Å². The first kappa shape index (κ1) is 21.9. The molecule has 1 aliphatic carbocycles. The summed E-state index contributed by atoms with van der Waals surface area (Å²) >= 11 is 2.32. The highest BCUT2D eigenvalue weighted by atomic mass is 127. The summed E-state index contributed by atoms with van der Waals surface area (Å²) < 4.78 is 10.4. The molecule has 1 saturated heterocycles. The number of anilines is 2. The van der Waals surface area contributed by atoms with Crippen molar-refractivity contribution in [1.29, 1.82) is 0 Å². The Morgan fingerprint density at radius 1 is 1.03 bits per heavy atom. The second kappa shape index (κ2) is 9.54. The third-order valence-corrected chi connectivity index (χ3v) is 8.03. The van der Waals surface area contributed by atoms with Gasteiger partial charge < -0.3 is 9.64 Å². The van der Waals surface area contributed by atoms with E-state index in [4.69, 9.17) is 14.7 Å². The Labute approximate surface area is 214 Å². The number of fused-ring (bicyclic) bond motifs is 1. The van der Waals surface area contributed by atoms with Crippen molar-refractivity contribution in [3.05, 3.63) is 84.6 Å². The van der Waals surface area contributed by atoms with Crippen LogP contribution in [-0.2, 0) is 6.61 Å². The van der Waals surface area contributed by atoms with Crippen LogP contribution < -0.4 is 7.85 Å². The zero-order chi connectivity index (χ0) is 22.9. The number of rotatable bonds is 8. The smallest absolute Gasteiger partial charge is 0.168 e. The lowest BCUT2D eigenvalue weighted by Crippen LogP contribution is -2.43. The first-order chi connectivity index (χ1) is 16.7. The molecule has 4 aromatic rings. The van der Waals surface area contributed by atoms with Gasteiger partial charge in [0.25, 0.3) is 0 Å². The molecule has 0 spiro atoms. The van der Waals surface area contributed by atoms with E-state index in [0.29, 0.717) is 12.5 Å². The molecule has 6 rings (SSSR count). The Balaban J connectivity index is 1.18. The fourth-order valence-corrected chi connectivity index (χ4v) is 5.64. The highest BCUT2D eigenvalue weighted by molar-refractivity contribution is 14.1. The van der Waals surface area contributed by atoms with Gasteiger partial charge >= 0.3 is 0 Å². The monoisotopic (exact) mass is 565 g/mol. The van der Waals surface area contributed by atoms with Gasteiger partial charge in [0.1, 0.15) is 23.7 Å². The lowest BCUT2D eigenvalue weighted by Gasteiger charge is -2.41. The number of ether oxygens (including phenoxy) is 1. The molecule has 3 heterocycles. The summed E-state index contributed by atoms with van der Waals surface area (Å²) in [5.74, 6) is 4.26. The Bertz CT molecular complexity index is 1270. The number of hydrogen-bond acceptors (Lipinski definition) is 5. The quantitative estimate of drug-likeness (QED) is 0.194. The van der Waals surface area contributed by atoms with Gasteiger partial charge in [-0.05, 0) is 56.0 Å². The maximum Gasteiger partial charge on any atom is 0.168 e. The van der Waals surface area contributed by atoms with Gasteiger partial charge in [-0.15, -0.1) is 0 Å². The van der Waals surface area contributed by atoms with Crippen molar-refractivity contribution in [2.24, 2.45) is 5.92 Å². The average molecular weight is 565 g/mol. The van der Waals surface area contributed by atoms with Crippen molar-refractivity contribution in [3.8, 4) is 5.75 Å². The molecule has 7 heteroatoms. The van der Waals surface area contributed by atoms with E-state index in [1.54, 1.807) is 0 Å². The van der Waals surface area contributed by atoms with E-state index < -0.39 is 0 Å². The second-order valence-corrected chi connectivity index (χ2v) is 10.3. The predicted molar refractivity (Wildman–Crippen MR) is 143 cm³/mol. The molecule has 6 nitrogen and oxygen atoms in total. The number of likely N-dealkylation sites (tertiary alicyclic amines) is 1. The van der Waals surface area contributed by atoms with Crippen molar-refractivity contribution < 1.29 is 4.74 Å². The van der Waals surface area contributed by atoms with Gasteiger partial charge in [-0.3, -0.25) is 7.51 Å². The van der Waals surface area contributed by atoms with Crippen LogP contribution in [0.1, 0.15) is 36.6 Å². The molecule has 2 aromatic heterocycles. The summed E-state index contributed by atoms with van der Waals surface area (Å²) in [5, 5.41) is 0. The molecule has 2 fully saturated rings. The summed E-state index contributed by atoms with van der Waals surface area (Å²) in [5.41, 5.74) is 3.21. The van der Waals surface area contributed by atoms with Crippen molar-refractivity contribution >= 4 is 39.9 Å². The van der Waals surface area contributed by atoms with E-state index >= 15 is 0 Å². The van der Waals surface area contributed by atoms with Crippen molar-refractivity contribution in [2.75, 3.05) is 22.7 Å². The summed E-state index contributed by atoms with van der Waals surface area (Å²) in [4.78, 5) is 12.1. The Hall–Kier alpha value is -2.65. The first-order valence-corrected chi connectivity index (χ1v) is 13.0. The highest BCUT2D eigenvalue weighted by Gasteiger charge is 2.35. The van der Waals surface area contributed by atoms with Gasteiger partial charge in [0, 0.05) is 30.9 Å². The summed E-state index contributed by atoms with van der Waals surface area (Å²) in [6.45, 7) is 4.38. The minimum absolute atomic E-state index is 0.543. The maximum atomic E-state index is 6.04. The lowest BCUT2D eigenvalue weighted by molar-refractivity contribution is 0.107. The topological polar surface area (TPSA) is 45.9 Å². The SMILES string of the molecule is IN(c1cccc(OCc2ccccc2)c1)c1nccn2c(C3CC(CN4CCC4)C3)ncc12.